The zero-order valence-corrected chi connectivity index (χ0v) is 12.5. The maximum Gasteiger partial charge on any atom is 0.0642 e. The molecule has 1 aliphatic carbocycles. The number of benzene rings is 1. The summed E-state index contributed by atoms with van der Waals surface area (Å²) in [6.07, 6.45) is 3.37. The van der Waals surface area contributed by atoms with Crippen molar-refractivity contribution in [2.75, 3.05) is 25.2 Å². The van der Waals surface area contributed by atoms with Gasteiger partial charge in [0.25, 0.3) is 0 Å². The first-order valence-electron chi connectivity index (χ1n) is 6.91. The van der Waals surface area contributed by atoms with Gasteiger partial charge in [0.1, 0.15) is 0 Å². The van der Waals surface area contributed by atoms with Gasteiger partial charge in [0.15, 0.2) is 0 Å². The number of halogens is 1. The lowest BCUT2D eigenvalue weighted by molar-refractivity contribution is 0.205. The topological polar surface area (TPSA) is 38.5 Å². The molecule has 19 heavy (non-hydrogen) atoms. The van der Waals surface area contributed by atoms with E-state index in [-0.39, 0.29) is 6.04 Å². The van der Waals surface area contributed by atoms with Crippen LogP contribution in [-0.2, 0) is 11.2 Å². The monoisotopic (exact) mass is 282 g/mol. The number of hydrogen-bond acceptors (Lipinski definition) is 3. The van der Waals surface area contributed by atoms with Crippen molar-refractivity contribution in [2.24, 2.45) is 5.73 Å². The lowest BCUT2D eigenvalue weighted by Gasteiger charge is -2.25. The second-order valence-electron chi connectivity index (χ2n) is 5.38. The highest BCUT2D eigenvalue weighted by molar-refractivity contribution is 6.33. The van der Waals surface area contributed by atoms with E-state index in [1.165, 1.54) is 18.4 Å². The Morgan fingerprint density at radius 1 is 1.47 bits per heavy atom. The first-order chi connectivity index (χ1) is 9.11. The summed E-state index contributed by atoms with van der Waals surface area (Å²) in [5.74, 6) is 0. The van der Waals surface area contributed by atoms with E-state index in [9.17, 15) is 0 Å². The minimum absolute atomic E-state index is 0.162. The Morgan fingerprint density at radius 3 is 2.74 bits per heavy atom. The lowest BCUT2D eigenvalue weighted by Crippen LogP contribution is -2.29. The molecule has 1 aromatic rings. The molecule has 106 valence electrons. The second kappa shape index (κ2) is 6.60. The lowest BCUT2D eigenvalue weighted by atomic mass is 10.1. The fourth-order valence-corrected chi connectivity index (χ4v) is 2.67. The Morgan fingerprint density at radius 2 is 2.21 bits per heavy atom. The van der Waals surface area contributed by atoms with Crippen LogP contribution in [0.5, 0.6) is 0 Å². The molecule has 1 saturated carbocycles. The van der Waals surface area contributed by atoms with E-state index in [0.29, 0.717) is 6.04 Å². The molecule has 0 spiro atoms. The summed E-state index contributed by atoms with van der Waals surface area (Å²) in [6, 6.07) is 7.09. The second-order valence-corrected chi connectivity index (χ2v) is 5.79. The Hall–Kier alpha value is -0.770. The number of rotatable bonds is 7. The molecule has 2 N–H and O–H groups in total. The average molecular weight is 283 g/mol. The van der Waals surface area contributed by atoms with E-state index in [2.05, 4.69) is 17.0 Å². The van der Waals surface area contributed by atoms with Crippen molar-refractivity contribution in [3.63, 3.8) is 0 Å². The SMILES string of the molecule is COCCN(c1ccc(CC(C)N)cc1Cl)C1CC1. The van der Waals surface area contributed by atoms with Gasteiger partial charge in [0.05, 0.1) is 17.3 Å². The van der Waals surface area contributed by atoms with Gasteiger partial charge in [0.2, 0.25) is 0 Å². The summed E-state index contributed by atoms with van der Waals surface area (Å²) in [5.41, 5.74) is 8.15. The van der Waals surface area contributed by atoms with Crippen LogP contribution in [0, 0.1) is 0 Å². The molecule has 3 nitrogen and oxygen atoms in total. The molecule has 1 fully saturated rings. The molecule has 0 aliphatic heterocycles. The zero-order valence-electron chi connectivity index (χ0n) is 11.7. The van der Waals surface area contributed by atoms with Gasteiger partial charge < -0.3 is 15.4 Å². The van der Waals surface area contributed by atoms with Crippen LogP contribution in [-0.4, -0.2) is 32.3 Å². The third kappa shape index (κ3) is 4.10. The van der Waals surface area contributed by atoms with Crippen molar-refractivity contribution in [1.29, 1.82) is 0 Å². The zero-order chi connectivity index (χ0) is 13.8. The molecular formula is C15H23ClN2O. The van der Waals surface area contributed by atoms with Crippen molar-refractivity contribution < 1.29 is 4.74 Å². The van der Waals surface area contributed by atoms with Crippen molar-refractivity contribution in [1.82, 2.24) is 0 Å². The van der Waals surface area contributed by atoms with E-state index < -0.39 is 0 Å². The van der Waals surface area contributed by atoms with E-state index >= 15 is 0 Å². The van der Waals surface area contributed by atoms with Crippen LogP contribution in [0.15, 0.2) is 18.2 Å². The molecule has 1 atom stereocenters. The third-order valence-corrected chi connectivity index (χ3v) is 3.71. The Balaban J connectivity index is 2.13. The fourth-order valence-electron chi connectivity index (χ4n) is 2.36. The summed E-state index contributed by atoms with van der Waals surface area (Å²) >= 11 is 6.44. The number of nitrogens with two attached hydrogens (primary N) is 1. The van der Waals surface area contributed by atoms with Crippen LogP contribution in [0.25, 0.3) is 0 Å². The van der Waals surface area contributed by atoms with Crippen molar-refractivity contribution in [3.8, 4) is 0 Å². The van der Waals surface area contributed by atoms with Gasteiger partial charge in [-0.05, 0) is 43.9 Å². The fraction of sp³-hybridized carbons (Fsp3) is 0.600. The van der Waals surface area contributed by atoms with Gasteiger partial charge in [-0.1, -0.05) is 17.7 Å². The maximum atomic E-state index is 6.44. The Labute approximate surface area is 120 Å². The van der Waals surface area contributed by atoms with Gasteiger partial charge in [-0.25, -0.2) is 0 Å². The highest BCUT2D eigenvalue weighted by atomic mass is 35.5. The molecule has 1 unspecified atom stereocenters. The van der Waals surface area contributed by atoms with Crippen LogP contribution in [0.1, 0.15) is 25.3 Å². The number of anilines is 1. The molecule has 0 heterocycles. The minimum atomic E-state index is 0.162. The summed E-state index contributed by atoms with van der Waals surface area (Å²) < 4.78 is 5.19. The predicted octanol–water partition coefficient (Wildman–Crippen LogP) is 2.84. The average Bonchev–Trinajstić information content (AvgIpc) is 3.15. The maximum absolute atomic E-state index is 6.44. The van der Waals surface area contributed by atoms with Crippen LogP contribution in [0.4, 0.5) is 5.69 Å². The summed E-state index contributed by atoms with van der Waals surface area (Å²) in [4.78, 5) is 2.36. The molecule has 0 bridgehead atoms. The standard InChI is InChI=1S/C15H23ClN2O/c1-11(17)9-12-3-6-15(14(16)10-12)18(7-8-19-2)13-4-5-13/h3,6,10-11,13H,4-5,7-9,17H2,1-2H3. The normalized spacial score (nSPS) is 16.4. The summed E-state index contributed by atoms with van der Waals surface area (Å²) in [7, 11) is 1.73. The van der Waals surface area contributed by atoms with Crippen LogP contribution in [0.3, 0.4) is 0 Å². The van der Waals surface area contributed by atoms with Crippen molar-refractivity contribution in [2.45, 2.75) is 38.3 Å². The van der Waals surface area contributed by atoms with Gasteiger partial charge in [-0.2, -0.15) is 0 Å². The van der Waals surface area contributed by atoms with E-state index in [0.717, 1.165) is 30.3 Å². The summed E-state index contributed by atoms with van der Waals surface area (Å²) in [6.45, 7) is 3.64. The predicted molar refractivity (Wildman–Crippen MR) is 81.0 cm³/mol. The van der Waals surface area contributed by atoms with E-state index in [4.69, 9.17) is 22.1 Å². The van der Waals surface area contributed by atoms with Gasteiger partial charge in [0, 0.05) is 25.7 Å². The van der Waals surface area contributed by atoms with Crippen LogP contribution >= 0.6 is 11.6 Å². The molecule has 0 saturated heterocycles. The number of nitrogens with zero attached hydrogens (tertiary/aromatic N) is 1. The number of ether oxygens (including phenoxy) is 1. The van der Waals surface area contributed by atoms with Crippen LogP contribution in [0.2, 0.25) is 5.02 Å². The Bertz CT molecular complexity index is 419. The largest absolute Gasteiger partial charge is 0.383 e. The molecule has 2 rings (SSSR count). The molecule has 4 heteroatoms. The van der Waals surface area contributed by atoms with Gasteiger partial charge in [-0.15, -0.1) is 0 Å². The minimum Gasteiger partial charge on any atom is -0.383 e. The van der Waals surface area contributed by atoms with Crippen molar-refractivity contribution in [3.05, 3.63) is 28.8 Å². The van der Waals surface area contributed by atoms with E-state index in [1.807, 2.05) is 13.0 Å². The molecule has 1 aromatic carbocycles. The van der Waals surface area contributed by atoms with E-state index in [1.54, 1.807) is 7.11 Å². The highest BCUT2D eigenvalue weighted by Gasteiger charge is 2.30. The molecule has 0 amide bonds. The van der Waals surface area contributed by atoms with Crippen molar-refractivity contribution >= 4 is 17.3 Å². The first kappa shape index (κ1) is 14.6. The first-order valence-corrected chi connectivity index (χ1v) is 7.29. The van der Waals surface area contributed by atoms with Gasteiger partial charge in [-0.3, -0.25) is 0 Å². The summed E-state index contributed by atoms with van der Waals surface area (Å²) in [5, 5.41) is 0.821. The molecule has 0 aromatic heterocycles. The number of hydrogen-bond donors (Lipinski definition) is 1. The molecule has 1 aliphatic rings. The Kier molecular flexibility index (Phi) is 5.08. The molecule has 0 radical (unpaired) electrons. The highest BCUT2D eigenvalue weighted by Crippen LogP contribution is 2.36. The van der Waals surface area contributed by atoms with Crippen LogP contribution < -0.4 is 10.6 Å². The van der Waals surface area contributed by atoms with Gasteiger partial charge >= 0.3 is 0 Å². The number of methoxy groups -OCH3 is 1. The molecular weight excluding hydrogens is 260 g/mol. The smallest absolute Gasteiger partial charge is 0.0642 e. The third-order valence-electron chi connectivity index (χ3n) is 3.40. The quantitative estimate of drug-likeness (QED) is 0.836.